The molecule has 0 N–H and O–H groups in total. The van der Waals surface area contributed by atoms with E-state index < -0.39 is 10.8 Å². The standard InChI is InChI=1S/C13H18ClN3O3/c1-8-6-16(12(19)20-13(2,3)4)7-10-15-5-9(11(14)18)17(8)10/h5,8H,6-7H2,1-4H3. The van der Waals surface area contributed by atoms with Crippen LogP contribution in [-0.4, -0.2) is 37.9 Å². The van der Waals surface area contributed by atoms with Gasteiger partial charge in [-0.3, -0.25) is 9.69 Å². The lowest BCUT2D eigenvalue weighted by Gasteiger charge is -2.34. The molecule has 2 rings (SSSR count). The zero-order valence-corrected chi connectivity index (χ0v) is 12.8. The highest BCUT2D eigenvalue weighted by Gasteiger charge is 2.31. The molecule has 20 heavy (non-hydrogen) atoms. The van der Waals surface area contributed by atoms with Crippen LogP contribution in [0.4, 0.5) is 4.79 Å². The van der Waals surface area contributed by atoms with Crippen LogP contribution in [0.5, 0.6) is 0 Å². The molecule has 1 aromatic heterocycles. The molecule has 0 saturated carbocycles. The summed E-state index contributed by atoms with van der Waals surface area (Å²) in [6.07, 6.45) is 1.07. The monoisotopic (exact) mass is 299 g/mol. The number of carbonyl (C=O) groups excluding carboxylic acids is 2. The van der Waals surface area contributed by atoms with Crippen LogP contribution >= 0.6 is 11.6 Å². The molecule has 0 radical (unpaired) electrons. The van der Waals surface area contributed by atoms with Gasteiger partial charge in [0.2, 0.25) is 0 Å². The Kier molecular flexibility index (Phi) is 3.77. The zero-order valence-electron chi connectivity index (χ0n) is 12.0. The fourth-order valence-corrected chi connectivity index (χ4v) is 2.39. The molecule has 110 valence electrons. The largest absolute Gasteiger partial charge is 0.444 e. The number of hydrogen-bond acceptors (Lipinski definition) is 4. The van der Waals surface area contributed by atoms with E-state index in [9.17, 15) is 9.59 Å². The lowest BCUT2D eigenvalue weighted by molar-refractivity contribution is 0.0169. The minimum absolute atomic E-state index is 0.0773. The van der Waals surface area contributed by atoms with E-state index in [-0.39, 0.29) is 12.1 Å². The maximum atomic E-state index is 12.1. The quantitative estimate of drug-likeness (QED) is 0.748. The summed E-state index contributed by atoms with van der Waals surface area (Å²) in [4.78, 5) is 29.2. The van der Waals surface area contributed by atoms with Crippen LogP contribution in [0.25, 0.3) is 0 Å². The van der Waals surface area contributed by atoms with Crippen molar-refractivity contribution in [1.82, 2.24) is 14.5 Å². The van der Waals surface area contributed by atoms with Gasteiger partial charge in [0, 0.05) is 6.54 Å². The highest BCUT2D eigenvalue weighted by molar-refractivity contribution is 6.67. The van der Waals surface area contributed by atoms with Gasteiger partial charge in [-0.25, -0.2) is 9.78 Å². The van der Waals surface area contributed by atoms with E-state index in [0.29, 0.717) is 24.6 Å². The number of carbonyl (C=O) groups is 2. The van der Waals surface area contributed by atoms with Crippen LogP contribution in [0.1, 0.15) is 50.0 Å². The molecule has 1 atom stereocenters. The molecule has 1 aliphatic heterocycles. The van der Waals surface area contributed by atoms with Crippen molar-refractivity contribution in [2.45, 2.75) is 45.9 Å². The molecule has 1 amide bonds. The predicted octanol–water partition coefficient (Wildman–Crippen LogP) is 2.57. The Morgan fingerprint density at radius 2 is 2.10 bits per heavy atom. The minimum Gasteiger partial charge on any atom is -0.444 e. The van der Waals surface area contributed by atoms with Crippen molar-refractivity contribution < 1.29 is 14.3 Å². The molecule has 0 aromatic carbocycles. The normalized spacial score (nSPS) is 18.6. The number of rotatable bonds is 1. The van der Waals surface area contributed by atoms with E-state index in [2.05, 4.69) is 4.98 Å². The van der Waals surface area contributed by atoms with Crippen molar-refractivity contribution in [2.75, 3.05) is 6.54 Å². The van der Waals surface area contributed by atoms with Crippen LogP contribution in [-0.2, 0) is 11.3 Å². The molecule has 0 saturated heterocycles. The van der Waals surface area contributed by atoms with E-state index >= 15 is 0 Å². The fourth-order valence-electron chi connectivity index (χ4n) is 2.25. The summed E-state index contributed by atoms with van der Waals surface area (Å²) in [5.74, 6) is 0.638. The molecule has 0 aliphatic carbocycles. The smallest absolute Gasteiger partial charge is 0.410 e. The van der Waals surface area contributed by atoms with E-state index in [1.807, 2.05) is 27.7 Å². The maximum Gasteiger partial charge on any atom is 0.410 e. The summed E-state index contributed by atoms with van der Waals surface area (Å²) in [6, 6.07) is -0.0773. The molecule has 6 nitrogen and oxygen atoms in total. The molecule has 0 spiro atoms. The zero-order chi connectivity index (χ0) is 15.1. The van der Waals surface area contributed by atoms with Gasteiger partial charge in [-0.1, -0.05) is 0 Å². The van der Waals surface area contributed by atoms with Gasteiger partial charge in [0.25, 0.3) is 5.24 Å². The Morgan fingerprint density at radius 3 is 2.65 bits per heavy atom. The summed E-state index contributed by atoms with van der Waals surface area (Å²) in [5, 5.41) is -0.540. The van der Waals surface area contributed by atoms with Gasteiger partial charge in [-0.2, -0.15) is 0 Å². The van der Waals surface area contributed by atoms with Crippen LogP contribution in [0.3, 0.4) is 0 Å². The Balaban J connectivity index is 2.20. The molecule has 7 heteroatoms. The van der Waals surface area contributed by atoms with Crippen LogP contribution in [0.15, 0.2) is 6.20 Å². The highest BCUT2D eigenvalue weighted by atomic mass is 35.5. The number of nitrogens with zero attached hydrogens (tertiary/aromatic N) is 3. The van der Waals surface area contributed by atoms with Crippen molar-refractivity contribution in [3.63, 3.8) is 0 Å². The first-order chi connectivity index (χ1) is 9.19. The predicted molar refractivity (Wildman–Crippen MR) is 73.8 cm³/mol. The van der Waals surface area contributed by atoms with Crippen molar-refractivity contribution in [3.8, 4) is 0 Å². The Hall–Kier alpha value is -1.56. The van der Waals surface area contributed by atoms with Crippen molar-refractivity contribution in [1.29, 1.82) is 0 Å². The van der Waals surface area contributed by atoms with E-state index in [0.717, 1.165) is 0 Å². The number of halogens is 1. The van der Waals surface area contributed by atoms with E-state index in [4.69, 9.17) is 16.3 Å². The minimum atomic E-state index is -0.540. The van der Waals surface area contributed by atoms with Crippen LogP contribution in [0.2, 0.25) is 0 Å². The average molecular weight is 300 g/mol. The summed E-state index contributed by atoms with van der Waals surface area (Å²) < 4.78 is 7.13. The third-order valence-electron chi connectivity index (χ3n) is 2.98. The summed E-state index contributed by atoms with van der Waals surface area (Å²) >= 11 is 5.53. The second-order valence-corrected chi connectivity index (χ2v) is 6.26. The van der Waals surface area contributed by atoms with Crippen LogP contribution in [0, 0.1) is 0 Å². The second kappa shape index (κ2) is 5.09. The third-order valence-corrected chi connectivity index (χ3v) is 3.18. The van der Waals surface area contributed by atoms with Gasteiger partial charge >= 0.3 is 6.09 Å². The summed E-state index contributed by atoms with van der Waals surface area (Å²) in [5.41, 5.74) is -0.178. The van der Waals surface area contributed by atoms with Crippen molar-refractivity contribution in [3.05, 3.63) is 17.7 Å². The van der Waals surface area contributed by atoms with Crippen molar-refractivity contribution >= 4 is 22.9 Å². The number of hydrogen-bond donors (Lipinski definition) is 0. The number of ether oxygens (including phenoxy) is 1. The Labute approximate surface area is 122 Å². The van der Waals surface area contributed by atoms with Gasteiger partial charge in [0.1, 0.15) is 17.1 Å². The summed E-state index contributed by atoms with van der Waals surface area (Å²) in [6.45, 7) is 8.14. The van der Waals surface area contributed by atoms with E-state index in [1.165, 1.54) is 6.20 Å². The van der Waals surface area contributed by atoms with Gasteiger partial charge < -0.3 is 9.30 Å². The maximum absolute atomic E-state index is 12.1. The average Bonchev–Trinajstić information content (AvgIpc) is 2.70. The van der Waals surface area contributed by atoms with Crippen LogP contribution < -0.4 is 0 Å². The molecule has 1 aromatic rings. The van der Waals surface area contributed by atoms with Gasteiger partial charge in [0.15, 0.2) is 0 Å². The molecule has 2 heterocycles. The third kappa shape index (κ3) is 2.95. The highest BCUT2D eigenvalue weighted by Crippen LogP contribution is 2.25. The van der Waals surface area contributed by atoms with E-state index in [1.54, 1.807) is 9.47 Å². The number of aromatic nitrogens is 2. The topological polar surface area (TPSA) is 64.4 Å². The Morgan fingerprint density at radius 1 is 1.45 bits per heavy atom. The fraction of sp³-hybridized carbons (Fsp3) is 0.615. The first kappa shape index (κ1) is 14.8. The van der Waals surface area contributed by atoms with Gasteiger partial charge in [0.05, 0.1) is 18.8 Å². The first-order valence-corrected chi connectivity index (χ1v) is 6.80. The Bertz CT molecular complexity index is 548. The first-order valence-electron chi connectivity index (χ1n) is 6.43. The molecule has 1 aliphatic rings. The molecular weight excluding hydrogens is 282 g/mol. The summed E-state index contributed by atoms with van der Waals surface area (Å²) in [7, 11) is 0. The van der Waals surface area contributed by atoms with Crippen molar-refractivity contribution in [2.24, 2.45) is 0 Å². The second-order valence-electron chi connectivity index (χ2n) is 5.91. The molecule has 0 fully saturated rings. The SMILES string of the molecule is CC1CN(C(=O)OC(C)(C)C)Cc2ncc(C(=O)Cl)n21. The molecular formula is C13H18ClN3O3. The number of imidazole rings is 1. The number of amides is 1. The van der Waals surface area contributed by atoms with Gasteiger partial charge in [-0.05, 0) is 39.3 Å². The number of fused-ring (bicyclic) bond motifs is 1. The molecule has 0 bridgehead atoms. The van der Waals surface area contributed by atoms with Gasteiger partial charge in [-0.15, -0.1) is 0 Å². The lowest BCUT2D eigenvalue weighted by Crippen LogP contribution is -2.43. The lowest BCUT2D eigenvalue weighted by atomic mass is 10.2. The molecule has 1 unspecified atom stereocenters.